The van der Waals surface area contributed by atoms with E-state index in [1.807, 2.05) is 13.1 Å². The minimum Gasteiger partial charge on any atom is -0.356 e. The van der Waals surface area contributed by atoms with Gasteiger partial charge in [0.25, 0.3) is 0 Å². The van der Waals surface area contributed by atoms with Crippen LogP contribution in [0.1, 0.15) is 32.4 Å². The van der Waals surface area contributed by atoms with E-state index in [4.69, 9.17) is 0 Å². The zero-order valence-corrected chi connectivity index (χ0v) is 10.3. The number of rotatable bonds is 5. The molecule has 4 nitrogen and oxygen atoms in total. The largest absolute Gasteiger partial charge is 0.356 e. The van der Waals surface area contributed by atoms with Crippen LogP contribution in [0.25, 0.3) is 0 Å². The fraction of sp³-hybridized carbons (Fsp3) is 0.667. The third-order valence-electron chi connectivity index (χ3n) is 2.99. The van der Waals surface area contributed by atoms with Crippen LogP contribution in [-0.2, 0) is 6.54 Å². The molecule has 0 bridgehead atoms. The van der Waals surface area contributed by atoms with Gasteiger partial charge in [0.2, 0.25) is 0 Å². The molecule has 88 valence electrons. The Morgan fingerprint density at radius 3 is 2.62 bits per heavy atom. The molecule has 1 saturated carbocycles. The molecular formula is C12H20N4. The van der Waals surface area contributed by atoms with Gasteiger partial charge in [-0.2, -0.15) is 5.10 Å². The average Bonchev–Trinajstić information content (AvgIpc) is 3.10. The average molecular weight is 220 g/mol. The molecule has 0 saturated heterocycles. The summed E-state index contributed by atoms with van der Waals surface area (Å²) in [6.45, 7) is 5.12. The Kier molecular flexibility index (Phi) is 3.39. The predicted octanol–water partition coefficient (Wildman–Crippen LogP) is 1.57. The lowest BCUT2D eigenvalue weighted by Gasteiger charge is -2.21. The molecular weight excluding hydrogens is 200 g/mol. The number of anilines is 1. The summed E-state index contributed by atoms with van der Waals surface area (Å²) in [5.41, 5.74) is 1.02. The maximum absolute atomic E-state index is 4.23. The summed E-state index contributed by atoms with van der Waals surface area (Å²) in [7, 11) is 2.04. The van der Waals surface area contributed by atoms with Crippen LogP contribution in [0.15, 0.2) is 12.1 Å². The second-order valence-corrected chi connectivity index (χ2v) is 4.74. The van der Waals surface area contributed by atoms with E-state index in [0.29, 0.717) is 6.04 Å². The van der Waals surface area contributed by atoms with Crippen LogP contribution in [0.5, 0.6) is 0 Å². The van der Waals surface area contributed by atoms with E-state index in [0.717, 1.165) is 24.1 Å². The lowest BCUT2D eigenvalue weighted by molar-refractivity contribution is 0.661. The highest BCUT2D eigenvalue weighted by atomic mass is 15.3. The van der Waals surface area contributed by atoms with Gasteiger partial charge in [-0.15, -0.1) is 5.10 Å². The van der Waals surface area contributed by atoms with E-state index < -0.39 is 0 Å². The molecule has 0 aromatic carbocycles. The van der Waals surface area contributed by atoms with E-state index in [9.17, 15) is 0 Å². The fourth-order valence-electron chi connectivity index (χ4n) is 1.44. The van der Waals surface area contributed by atoms with Crippen molar-refractivity contribution in [3.8, 4) is 0 Å². The summed E-state index contributed by atoms with van der Waals surface area (Å²) >= 11 is 0. The Bertz CT molecular complexity index is 329. The highest BCUT2D eigenvalue weighted by Gasteiger charge is 2.20. The van der Waals surface area contributed by atoms with Crippen molar-refractivity contribution >= 4 is 5.82 Å². The molecule has 0 spiro atoms. The van der Waals surface area contributed by atoms with Crippen molar-refractivity contribution in [2.45, 2.75) is 45.3 Å². The molecule has 1 fully saturated rings. The second kappa shape index (κ2) is 4.78. The topological polar surface area (TPSA) is 41.0 Å². The monoisotopic (exact) mass is 220 g/mol. The SMILES string of the molecule is CC(C)N(C)c1ccc(CNC2CC2)nn1. The normalized spacial score (nSPS) is 15.5. The van der Waals surface area contributed by atoms with Crippen molar-refractivity contribution in [2.75, 3.05) is 11.9 Å². The molecule has 0 aliphatic heterocycles. The first-order valence-corrected chi connectivity index (χ1v) is 5.95. The van der Waals surface area contributed by atoms with Crippen LogP contribution in [0, 0.1) is 0 Å². The molecule has 1 aliphatic rings. The van der Waals surface area contributed by atoms with Gasteiger partial charge in [-0.3, -0.25) is 0 Å². The van der Waals surface area contributed by atoms with Gasteiger partial charge in [0.05, 0.1) is 5.69 Å². The smallest absolute Gasteiger partial charge is 0.151 e. The molecule has 0 atom stereocenters. The molecule has 0 amide bonds. The van der Waals surface area contributed by atoms with Gasteiger partial charge in [0.1, 0.15) is 0 Å². The molecule has 2 rings (SSSR count). The number of nitrogens with one attached hydrogen (secondary N) is 1. The summed E-state index contributed by atoms with van der Waals surface area (Å²) in [5.74, 6) is 0.935. The summed E-state index contributed by atoms with van der Waals surface area (Å²) in [5, 5.41) is 11.9. The van der Waals surface area contributed by atoms with Gasteiger partial charge in [-0.25, -0.2) is 0 Å². The third-order valence-corrected chi connectivity index (χ3v) is 2.99. The highest BCUT2D eigenvalue weighted by molar-refractivity contribution is 5.36. The summed E-state index contributed by atoms with van der Waals surface area (Å²) < 4.78 is 0. The molecule has 4 heteroatoms. The Balaban J connectivity index is 1.92. The zero-order chi connectivity index (χ0) is 11.5. The van der Waals surface area contributed by atoms with Crippen LogP contribution >= 0.6 is 0 Å². The predicted molar refractivity (Wildman–Crippen MR) is 65.4 cm³/mol. The van der Waals surface area contributed by atoms with Crippen LogP contribution in [0.2, 0.25) is 0 Å². The molecule has 16 heavy (non-hydrogen) atoms. The van der Waals surface area contributed by atoms with Gasteiger partial charge < -0.3 is 10.2 Å². The standard InChI is InChI=1S/C12H20N4/c1-9(2)16(3)12-7-6-11(14-15-12)8-13-10-4-5-10/h6-7,9-10,13H,4-5,8H2,1-3H3. The van der Waals surface area contributed by atoms with Gasteiger partial charge in [0.15, 0.2) is 5.82 Å². The van der Waals surface area contributed by atoms with E-state index in [1.54, 1.807) is 0 Å². The minimum absolute atomic E-state index is 0.449. The van der Waals surface area contributed by atoms with Crippen molar-refractivity contribution in [2.24, 2.45) is 0 Å². The Labute approximate surface area is 97.1 Å². The van der Waals surface area contributed by atoms with Gasteiger partial charge >= 0.3 is 0 Å². The quantitative estimate of drug-likeness (QED) is 0.818. The summed E-state index contributed by atoms with van der Waals surface area (Å²) in [6, 6.07) is 5.26. The maximum atomic E-state index is 4.23. The lowest BCUT2D eigenvalue weighted by Crippen LogP contribution is -2.27. The second-order valence-electron chi connectivity index (χ2n) is 4.74. The Morgan fingerprint density at radius 2 is 2.12 bits per heavy atom. The highest BCUT2D eigenvalue weighted by Crippen LogP contribution is 2.19. The van der Waals surface area contributed by atoms with Crippen molar-refractivity contribution in [1.29, 1.82) is 0 Å². The fourth-order valence-corrected chi connectivity index (χ4v) is 1.44. The number of aromatic nitrogens is 2. The summed E-state index contributed by atoms with van der Waals surface area (Å²) in [4.78, 5) is 2.12. The first-order chi connectivity index (χ1) is 7.66. The van der Waals surface area contributed by atoms with Crippen molar-refractivity contribution in [3.63, 3.8) is 0 Å². The van der Waals surface area contributed by atoms with Crippen LogP contribution in [-0.4, -0.2) is 29.3 Å². The number of nitrogens with zero attached hydrogens (tertiary/aromatic N) is 3. The Morgan fingerprint density at radius 1 is 1.38 bits per heavy atom. The van der Waals surface area contributed by atoms with Crippen LogP contribution in [0.4, 0.5) is 5.82 Å². The summed E-state index contributed by atoms with van der Waals surface area (Å²) in [6.07, 6.45) is 2.61. The van der Waals surface area contributed by atoms with Crippen molar-refractivity contribution < 1.29 is 0 Å². The minimum atomic E-state index is 0.449. The van der Waals surface area contributed by atoms with E-state index in [1.165, 1.54) is 12.8 Å². The Hall–Kier alpha value is -1.16. The first-order valence-electron chi connectivity index (χ1n) is 5.95. The lowest BCUT2D eigenvalue weighted by atomic mass is 10.3. The van der Waals surface area contributed by atoms with Gasteiger partial charge in [0, 0.05) is 25.7 Å². The third kappa shape index (κ3) is 2.92. The molecule has 1 heterocycles. The number of hydrogen-bond donors (Lipinski definition) is 1. The zero-order valence-electron chi connectivity index (χ0n) is 10.3. The first kappa shape index (κ1) is 11.3. The van der Waals surface area contributed by atoms with Gasteiger partial charge in [-0.05, 0) is 38.8 Å². The maximum Gasteiger partial charge on any atom is 0.151 e. The van der Waals surface area contributed by atoms with E-state index >= 15 is 0 Å². The molecule has 1 aromatic rings. The van der Waals surface area contributed by atoms with E-state index in [-0.39, 0.29) is 0 Å². The van der Waals surface area contributed by atoms with E-state index in [2.05, 4.69) is 40.3 Å². The molecule has 0 unspecified atom stereocenters. The number of hydrogen-bond acceptors (Lipinski definition) is 4. The molecule has 0 radical (unpaired) electrons. The van der Waals surface area contributed by atoms with Crippen LogP contribution < -0.4 is 10.2 Å². The van der Waals surface area contributed by atoms with Crippen molar-refractivity contribution in [3.05, 3.63) is 17.8 Å². The molecule has 1 aromatic heterocycles. The van der Waals surface area contributed by atoms with Crippen LogP contribution in [0.3, 0.4) is 0 Å². The molecule has 1 N–H and O–H groups in total. The van der Waals surface area contributed by atoms with Crippen molar-refractivity contribution in [1.82, 2.24) is 15.5 Å². The molecule has 1 aliphatic carbocycles. The van der Waals surface area contributed by atoms with Gasteiger partial charge in [-0.1, -0.05) is 0 Å².